The SMILES string of the molecule is CCCC[C@H](NC(=O)c1ccc(N2NC(=O)CCC2=O)cc1)C(=O)O. The zero-order valence-electron chi connectivity index (χ0n) is 13.9. The Morgan fingerprint density at radius 1 is 1.24 bits per heavy atom. The van der Waals surface area contributed by atoms with Crippen molar-refractivity contribution < 1.29 is 24.3 Å². The molecular formula is C17H21N3O5. The van der Waals surface area contributed by atoms with Gasteiger partial charge in [0.2, 0.25) is 11.8 Å². The Hall–Kier alpha value is -2.90. The Morgan fingerprint density at radius 3 is 2.52 bits per heavy atom. The van der Waals surface area contributed by atoms with Crippen molar-refractivity contribution >= 4 is 29.4 Å². The molecule has 134 valence electrons. The summed E-state index contributed by atoms with van der Waals surface area (Å²) >= 11 is 0. The minimum atomic E-state index is -1.07. The predicted molar refractivity (Wildman–Crippen MR) is 89.7 cm³/mol. The molecule has 1 aromatic carbocycles. The van der Waals surface area contributed by atoms with Gasteiger partial charge >= 0.3 is 5.97 Å². The van der Waals surface area contributed by atoms with Crippen LogP contribution in [0.4, 0.5) is 5.69 Å². The maximum Gasteiger partial charge on any atom is 0.326 e. The number of hydrogen-bond donors (Lipinski definition) is 3. The number of carboxylic acids is 1. The van der Waals surface area contributed by atoms with Gasteiger partial charge in [-0.3, -0.25) is 19.8 Å². The molecule has 2 rings (SSSR count). The molecule has 0 aliphatic carbocycles. The fourth-order valence-corrected chi connectivity index (χ4v) is 2.45. The highest BCUT2D eigenvalue weighted by Gasteiger charge is 2.25. The lowest BCUT2D eigenvalue weighted by atomic mass is 10.1. The van der Waals surface area contributed by atoms with Crippen LogP contribution in [0.5, 0.6) is 0 Å². The maximum absolute atomic E-state index is 12.2. The number of nitrogens with one attached hydrogen (secondary N) is 2. The van der Waals surface area contributed by atoms with E-state index in [0.717, 1.165) is 11.4 Å². The lowest BCUT2D eigenvalue weighted by Gasteiger charge is -2.27. The predicted octanol–water partition coefficient (Wildman–Crippen LogP) is 1.22. The zero-order valence-corrected chi connectivity index (χ0v) is 13.9. The molecule has 0 aromatic heterocycles. The van der Waals surface area contributed by atoms with E-state index in [9.17, 15) is 19.2 Å². The molecule has 1 heterocycles. The van der Waals surface area contributed by atoms with Gasteiger partial charge in [0.25, 0.3) is 5.91 Å². The largest absolute Gasteiger partial charge is 0.480 e. The number of nitrogens with zero attached hydrogens (tertiary/aromatic N) is 1. The van der Waals surface area contributed by atoms with Gasteiger partial charge in [0.15, 0.2) is 0 Å². The van der Waals surface area contributed by atoms with Gasteiger partial charge in [-0.1, -0.05) is 19.8 Å². The Kier molecular flexibility index (Phi) is 6.10. The van der Waals surface area contributed by atoms with Crippen LogP contribution in [0.1, 0.15) is 49.4 Å². The summed E-state index contributed by atoms with van der Waals surface area (Å²) in [6.45, 7) is 1.94. The van der Waals surface area contributed by atoms with E-state index in [2.05, 4.69) is 10.7 Å². The summed E-state index contributed by atoms with van der Waals surface area (Å²) in [5.74, 6) is -2.05. The molecule has 0 spiro atoms. The number of aliphatic carboxylic acids is 1. The van der Waals surface area contributed by atoms with E-state index in [4.69, 9.17) is 5.11 Å². The van der Waals surface area contributed by atoms with Crippen LogP contribution >= 0.6 is 0 Å². The molecule has 1 fully saturated rings. The molecule has 1 aliphatic rings. The molecule has 0 radical (unpaired) electrons. The lowest BCUT2D eigenvalue weighted by molar-refractivity contribution is -0.139. The van der Waals surface area contributed by atoms with Crippen molar-refractivity contribution in [1.29, 1.82) is 0 Å². The average Bonchev–Trinajstić information content (AvgIpc) is 2.60. The van der Waals surface area contributed by atoms with Gasteiger partial charge in [0, 0.05) is 18.4 Å². The topological polar surface area (TPSA) is 116 Å². The van der Waals surface area contributed by atoms with Crippen molar-refractivity contribution in [2.45, 2.75) is 45.1 Å². The summed E-state index contributed by atoms with van der Waals surface area (Å²) < 4.78 is 0. The Balaban J connectivity index is 2.05. The van der Waals surface area contributed by atoms with Crippen LogP contribution in [-0.4, -0.2) is 34.8 Å². The first-order valence-electron chi connectivity index (χ1n) is 8.18. The summed E-state index contributed by atoms with van der Waals surface area (Å²) in [6, 6.07) is 5.09. The van der Waals surface area contributed by atoms with Gasteiger partial charge in [-0.25, -0.2) is 9.80 Å². The molecule has 8 nitrogen and oxygen atoms in total. The molecule has 1 atom stereocenters. The molecule has 3 amide bonds. The van der Waals surface area contributed by atoms with Crippen LogP contribution in [0.25, 0.3) is 0 Å². The molecule has 0 bridgehead atoms. The first-order valence-corrected chi connectivity index (χ1v) is 8.18. The molecule has 3 N–H and O–H groups in total. The van der Waals surface area contributed by atoms with Crippen LogP contribution < -0.4 is 15.8 Å². The van der Waals surface area contributed by atoms with E-state index in [1.54, 1.807) is 0 Å². The second kappa shape index (κ2) is 8.27. The fourth-order valence-electron chi connectivity index (χ4n) is 2.45. The smallest absolute Gasteiger partial charge is 0.326 e. The van der Waals surface area contributed by atoms with E-state index in [0.29, 0.717) is 18.5 Å². The fraction of sp³-hybridized carbons (Fsp3) is 0.412. The summed E-state index contributed by atoms with van der Waals surface area (Å²) in [4.78, 5) is 46.7. The molecule has 25 heavy (non-hydrogen) atoms. The van der Waals surface area contributed by atoms with Gasteiger partial charge in [0.05, 0.1) is 5.69 Å². The van der Waals surface area contributed by atoms with Gasteiger partial charge in [-0.05, 0) is 30.7 Å². The molecule has 0 unspecified atom stereocenters. The number of unbranched alkanes of at least 4 members (excludes halogenated alkanes) is 1. The van der Waals surface area contributed by atoms with Crippen molar-refractivity contribution in [3.63, 3.8) is 0 Å². The number of anilines is 1. The van der Waals surface area contributed by atoms with E-state index < -0.39 is 17.9 Å². The third kappa shape index (κ3) is 4.79. The highest BCUT2D eigenvalue weighted by Crippen LogP contribution is 2.18. The number of hydrogen-bond acceptors (Lipinski definition) is 4. The summed E-state index contributed by atoms with van der Waals surface area (Å²) in [5.41, 5.74) is 3.19. The third-order valence-corrected chi connectivity index (χ3v) is 3.89. The van der Waals surface area contributed by atoms with Crippen molar-refractivity contribution in [1.82, 2.24) is 10.7 Å². The van der Waals surface area contributed by atoms with Crippen molar-refractivity contribution in [2.24, 2.45) is 0 Å². The Bertz CT molecular complexity index is 671. The summed E-state index contributed by atoms with van der Waals surface area (Å²) in [6.07, 6.45) is 2.19. The summed E-state index contributed by atoms with van der Waals surface area (Å²) in [5, 5.41) is 12.8. The molecule has 1 aromatic rings. The average molecular weight is 347 g/mol. The highest BCUT2D eigenvalue weighted by atomic mass is 16.4. The first-order chi connectivity index (χ1) is 11.9. The minimum Gasteiger partial charge on any atom is -0.480 e. The molecule has 1 aliphatic heterocycles. The van der Waals surface area contributed by atoms with Crippen molar-refractivity contribution in [2.75, 3.05) is 5.01 Å². The number of hydrazine groups is 1. The highest BCUT2D eigenvalue weighted by molar-refractivity contribution is 6.02. The number of rotatable bonds is 7. The second-order valence-corrected chi connectivity index (χ2v) is 5.82. The quantitative estimate of drug-likeness (QED) is 0.686. The van der Waals surface area contributed by atoms with E-state index in [-0.39, 0.29) is 30.2 Å². The standard InChI is InChI=1S/C17H21N3O5/c1-2-3-4-13(17(24)25)18-16(23)11-5-7-12(8-6-11)20-15(22)10-9-14(21)19-20/h5-8,13H,2-4,9-10H2,1H3,(H,18,23)(H,19,21)(H,24,25)/t13-/m0/s1. The Labute approximate surface area is 145 Å². The first kappa shape index (κ1) is 18.4. The molecule has 8 heteroatoms. The van der Waals surface area contributed by atoms with Crippen LogP contribution in [0.2, 0.25) is 0 Å². The number of benzene rings is 1. The number of carbonyl (C=O) groups excluding carboxylic acids is 3. The summed E-state index contributed by atoms with van der Waals surface area (Å²) in [7, 11) is 0. The Morgan fingerprint density at radius 2 is 1.92 bits per heavy atom. The second-order valence-electron chi connectivity index (χ2n) is 5.82. The van der Waals surface area contributed by atoms with Crippen molar-refractivity contribution in [3.05, 3.63) is 29.8 Å². The zero-order chi connectivity index (χ0) is 18.4. The molecular weight excluding hydrogens is 326 g/mol. The van der Waals surface area contributed by atoms with E-state index >= 15 is 0 Å². The monoisotopic (exact) mass is 347 g/mol. The van der Waals surface area contributed by atoms with Crippen LogP contribution in [0, 0.1) is 0 Å². The number of carbonyl (C=O) groups is 4. The van der Waals surface area contributed by atoms with Crippen LogP contribution in [0.3, 0.4) is 0 Å². The molecule has 1 saturated heterocycles. The normalized spacial score (nSPS) is 15.5. The van der Waals surface area contributed by atoms with Crippen LogP contribution in [-0.2, 0) is 14.4 Å². The van der Waals surface area contributed by atoms with Crippen LogP contribution in [0.15, 0.2) is 24.3 Å². The maximum atomic E-state index is 12.2. The third-order valence-electron chi connectivity index (χ3n) is 3.89. The van der Waals surface area contributed by atoms with Crippen molar-refractivity contribution in [3.8, 4) is 0 Å². The van der Waals surface area contributed by atoms with Gasteiger partial charge in [-0.15, -0.1) is 0 Å². The minimum absolute atomic E-state index is 0.131. The van der Waals surface area contributed by atoms with Gasteiger partial charge in [-0.2, -0.15) is 0 Å². The number of carboxylic acid groups (broad SMARTS) is 1. The molecule has 0 saturated carbocycles. The van der Waals surface area contributed by atoms with Gasteiger partial charge < -0.3 is 10.4 Å². The van der Waals surface area contributed by atoms with E-state index in [1.807, 2.05) is 6.92 Å². The number of amides is 3. The van der Waals surface area contributed by atoms with Gasteiger partial charge in [0.1, 0.15) is 6.04 Å². The van der Waals surface area contributed by atoms with E-state index in [1.165, 1.54) is 24.3 Å². The lowest BCUT2D eigenvalue weighted by Crippen LogP contribution is -2.50.